The summed E-state index contributed by atoms with van der Waals surface area (Å²) in [5, 5.41) is 0. The topological polar surface area (TPSA) is 29.5 Å². The molecule has 0 aliphatic carbocycles. The minimum absolute atomic E-state index is 0. The molecule has 25 heavy (non-hydrogen) atoms. The molecule has 1 atom stereocenters. The normalized spacial score (nSPS) is 17.8. The molecule has 2 aromatic carbocycles. The molecule has 1 unspecified atom stereocenters. The first-order chi connectivity index (χ1) is 11.8. The fourth-order valence-electron chi connectivity index (χ4n) is 3.38. The van der Waals surface area contributed by atoms with Gasteiger partial charge in [0.05, 0.1) is 0 Å². The molecule has 1 heterocycles. The van der Waals surface area contributed by atoms with Gasteiger partial charge in [-0.25, -0.2) is 0 Å². The Labute approximate surface area is 156 Å². The van der Waals surface area contributed by atoms with Crippen LogP contribution in [0.25, 0.3) is 0 Å². The van der Waals surface area contributed by atoms with Crippen LogP contribution in [0.15, 0.2) is 60.7 Å². The number of esters is 1. The van der Waals surface area contributed by atoms with Crippen LogP contribution in [0.1, 0.15) is 36.8 Å². The van der Waals surface area contributed by atoms with Crippen molar-refractivity contribution in [2.75, 3.05) is 19.6 Å². The van der Waals surface area contributed by atoms with Gasteiger partial charge in [0.2, 0.25) is 0 Å². The molecule has 1 saturated heterocycles. The van der Waals surface area contributed by atoms with Crippen molar-refractivity contribution in [2.45, 2.75) is 31.8 Å². The summed E-state index contributed by atoms with van der Waals surface area (Å²) in [6.07, 6.45) is 2.05. The first-order valence-corrected chi connectivity index (χ1v) is 8.80. The van der Waals surface area contributed by atoms with E-state index in [-0.39, 0.29) is 30.4 Å². The molecule has 0 N–H and O–H groups in total. The Morgan fingerprint density at radius 3 is 2.16 bits per heavy atom. The highest BCUT2D eigenvalue weighted by Crippen LogP contribution is 2.27. The third-order valence-electron chi connectivity index (χ3n) is 4.69. The first kappa shape index (κ1) is 19.5. The van der Waals surface area contributed by atoms with Gasteiger partial charge < -0.3 is 17.1 Å². The molecule has 0 radical (unpaired) electrons. The zero-order valence-corrected chi connectivity index (χ0v) is 15.4. The molecule has 4 heteroatoms. The SMILES string of the molecule is CCN1CCCC(OC(=O)C(c2ccccc2)c2ccccc2)C1.[Cl-]. The number of rotatable bonds is 5. The number of likely N-dealkylation sites (tertiary alicyclic amines) is 1. The number of hydrogen-bond donors (Lipinski definition) is 0. The molecule has 134 valence electrons. The number of nitrogens with zero attached hydrogens (tertiary/aromatic N) is 1. The van der Waals surface area contributed by atoms with Gasteiger partial charge in [0.1, 0.15) is 12.0 Å². The second-order valence-corrected chi connectivity index (χ2v) is 6.35. The fraction of sp³-hybridized carbons (Fsp3) is 0.381. The third kappa shape index (κ3) is 5.07. The Balaban J connectivity index is 0.00000225. The predicted octanol–water partition coefficient (Wildman–Crippen LogP) is 0.850. The van der Waals surface area contributed by atoms with Crippen LogP contribution in [0.3, 0.4) is 0 Å². The molecule has 3 nitrogen and oxygen atoms in total. The predicted molar refractivity (Wildman–Crippen MR) is 96.0 cm³/mol. The summed E-state index contributed by atoms with van der Waals surface area (Å²) in [6, 6.07) is 19.8. The van der Waals surface area contributed by atoms with Crippen LogP contribution in [-0.4, -0.2) is 36.6 Å². The lowest BCUT2D eigenvalue weighted by molar-refractivity contribution is -0.152. The molecular formula is C21H25ClNO2-. The number of hydrogen-bond acceptors (Lipinski definition) is 3. The van der Waals surface area contributed by atoms with Crippen LogP contribution in [0.2, 0.25) is 0 Å². The van der Waals surface area contributed by atoms with Gasteiger partial charge in [-0.1, -0.05) is 67.6 Å². The van der Waals surface area contributed by atoms with E-state index >= 15 is 0 Å². The van der Waals surface area contributed by atoms with Gasteiger partial charge in [0.25, 0.3) is 0 Å². The average Bonchev–Trinajstić information content (AvgIpc) is 2.64. The number of halogens is 1. The van der Waals surface area contributed by atoms with Crippen LogP contribution >= 0.6 is 0 Å². The number of piperidine rings is 1. The maximum atomic E-state index is 13.0. The maximum absolute atomic E-state index is 13.0. The summed E-state index contributed by atoms with van der Waals surface area (Å²) >= 11 is 0. The van der Waals surface area contributed by atoms with Gasteiger partial charge in [-0.05, 0) is 37.1 Å². The van der Waals surface area contributed by atoms with Gasteiger partial charge in [0.15, 0.2) is 0 Å². The molecule has 0 aromatic heterocycles. The van der Waals surface area contributed by atoms with Gasteiger partial charge >= 0.3 is 5.97 Å². The van der Waals surface area contributed by atoms with Crippen LogP contribution in [0.5, 0.6) is 0 Å². The van der Waals surface area contributed by atoms with E-state index in [0.29, 0.717) is 0 Å². The number of carbonyl (C=O) groups is 1. The summed E-state index contributed by atoms with van der Waals surface area (Å²) in [4.78, 5) is 15.3. The Morgan fingerprint density at radius 1 is 1.08 bits per heavy atom. The molecule has 1 aliphatic rings. The van der Waals surface area contributed by atoms with E-state index in [4.69, 9.17) is 4.74 Å². The number of benzene rings is 2. The highest BCUT2D eigenvalue weighted by atomic mass is 35.5. The molecule has 0 spiro atoms. The second-order valence-electron chi connectivity index (χ2n) is 6.35. The Morgan fingerprint density at radius 2 is 1.64 bits per heavy atom. The van der Waals surface area contributed by atoms with Crippen molar-refractivity contribution in [1.82, 2.24) is 4.90 Å². The fourth-order valence-corrected chi connectivity index (χ4v) is 3.38. The van der Waals surface area contributed by atoms with E-state index in [1.807, 2.05) is 60.7 Å². The van der Waals surface area contributed by atoms with E-state index < -0.39 is 0 Å². The number of likely N-dealkylation sites (N-methyl/N-ethyl adjacent to an activating group) is 1. The minimum Gasteiger partial charge on any atom is -1.00 e. The van der Waals surface area contributed by atoms with E-state index in [1.54, 1.807) is 0 Å². The molecule has 3 rings (SSSR count). The maximum Gasteiger partial charge on any atom is 0.318 e. The van der Waals surface area contributed by atoms with Crippen molar-refractivity contribution in [3.63, 3.8) is 0 Å². The lowest BCUT2D eigenvalue weighted by Crippen LogP contribution is -3.00. The minimum atomic E-state index is -0.357. The number of ether oxygens (including phenoxy) is 1. The summed E-state index contributed by atoms with van der Waals surface area (Å²) < 4.78 is 5.91. The molecule has 0 bridgehead atoms. The smallest absolute Gasteiger partial charge is 0.318 e. The molecule has 2 aromatic rings. The summed E-state index contributed by atoms with van der Waals surface area (Å²) in [5.74, 6) is -0.500. The standard InChI is InChI=1S/C21H25NO2.ClH/c1-2-22-15-9-14-19(16-22)24-21(23)20(17-10-5-3-6-11-17)18-12-7-4-8-13-18;/h3-8,10-13,19-20H,2,9,14-16H2,1H3;1H/p-1. The first-order valence-electron chi connectivity index (χ1n) is 8.80. The van der Waals surface area contributed by atoms with E-state index in [9.17, 15) is 4.79 Å². The highest BCUT2D eigenvalue weighted by Gasteiger charge is 2.28. The molecular weight excluding hydrogens is 334 g/mol. The van der Waals surface area contributed by atoms with Crippen molar-refractivity contribution in [3.8, 4) is 0 Å². The zero-order chi connectivity index (χ0) is 16.8. The average molecular weight is 359 g/mol. The van der Waals surface area contributed by atoms with Crippen LogP contribution in [0, 0.1) is 0 Å². The Bertz CT molecular complexity index is 608. The highest BCUT2D eigenvalue weighted by molar-refractivity contribution is 5.82. The van der Waals surface area contributed by atoms with E-state index in [2.05, 4.69) is 11.8 Å². The van der Waals surface area contributed by atoms with E-state index in [0.717, 1.165) is 43.6 Å². The van der Waals surface area contributed by atoms with Crippen LogP contribution in [0.4, 0.5) is 0 Å². The Kier molecular flexibility index (Phi) is 7.48. The summed E-state index contributed by atoms with van der Waals surface area (Å²) in [6.45, 7) is 5.11. The lowest BCUT2D eigenvalue weighted by atomic mass is 9.91. The van der Waals surface area contributed by atoms with Crippen molar-refractivity contribution in [3.05, 3.63) is 71.8 Å². The van der Waals surface area contributed by atoms with Crippen LogP contribution < -0.4 is 12.4 Å². The lowest BCUT2D eigenvalue weighted by Gasteiger charge is -2.32. The quantitative estimate of drug-likeness (QED) is 0.742. The molecule has 0 amide bonds. The van der Waals surface area contributed by atoms with Crippen molar-refractivity contribution in [1.29, 1.82) is 0 Å². The molecule has 1 aliphatic heterocycles. The van der Waals surface area contributed by atoms with Crippen molar-refractivity contribution < 1.29 is 21.9 Å². The van der Waals surface area contributed by atoms with Crippen molar-refractivity contribution in [2.24, 2.45) is 0 Å². The third-order valence-corrected chi connectivity index (χ3v) is 4.69. The van der Waals surface area contributed by atoms with E-state index in [1.165, 1.54) is 0 Å². The monoisotopic (exact) mass is 358 g/mol. The van der Waals surface area contributed by atoms with Crippen LogP contribution in [-0.2, 0) is 9.53 Å². The molecule has 1 fully saturated rings. The largest absolute Gasteiger partial charge is 1.00 e. The molecule has 0 saturated carbocycles. The van der Waals surface area contributed by atoms with Gasteiger partial charge in [-0.3, -0.25) is 9.69 Å². The van der Waals surface area contributed by atoms with Crippen molar-refractivity contribution >= 4 is 5.97 Å². The number of carbonyl (C=O) groups excluding carboxylic acids is 1. The van der Waals surface area contributed by atoms with Gasteiger partial charge in [-0.15, -0.1) is 0 Å². The summed E-state index contributed by atoms with van der Waals surface area (Å²) in [7, 11) is 0. The Hall–Kier alpha value is -1.84. The van der Waals surface area contributed by atoms with Gasteiger partial charge in [0, 0.05) is 6.54 Å². The zero-order valence-electron chi connectivity index (χ0n) is 14.6. The van der Waals surface area contributed by atoms with Gasteiger partial charge in [-0.2, -0.15) is 0 Å². The second kappa shape index (κ2) is 9.59. The summed E-state index contributed by atoms with van der Waals surface area (Å²) in [5.41, 5.74) is 1.97.